The maximum atomic E-state index is 4.93. The van der Waals surface area contributed by atoms with E-state index in [1.807, 2.05) is 41.0 Å². The Morgan fingerprint density at radius 2 is 1.97 bits per heavy atom. The number of hydrogen-bond donors (Lipinski definition) is 1. The summed E-state index contributed by atoms with van der Waals surface area (Å²) in [6, 6.07) is 12.0. The molecule has 3 aromatic rings. The van der Waals surface area contributed by atoms with Crippen molar-refractivity contribution < 1.29 is 4.52 Å². The molecule has 3 heterocycles. The Bertz CT molecular complexity index is 898. The first-order chi connectivity index (χ1) is 14.3. The van der Waals surface area contributed by atoms with Gasteiger partial charge in [-0.2, -0.15) is 0 Å². The van der Waals surface area contributed by atoms with Crippen molar-refractivity contribution in [3.8, 4) is 5.69 Å². The molecule has 1 aromatic carbocycles. The van der Waals surface area contributed by atoms with Gasteiger partial charge in [-0.25, -0.2) is 4.99 Å². The molecule has 4 rings (SSSR count). The van der Waals surface area contributed by atoms with E-state index in [-0.39, 0.29) is 0 Å². The summed E-state index contributed by atoms with van der Waals surface area (Å²) in [4.78, 5) is 9.51. The topological polar surface area (TPSA) is 87.6 Å². The minimum Gasteiger partial charge on any atom is -0.364 e. The summed E-state index contributed by atoms with van der Waals surface area (Å²) in [5, 5.41) is 15.7. The van der Waals surface area contributed by atoms with Crippen LogP contribution in [0, 0.1) is 0 Å². The maximum absolute atomic E-state index is 4.93. The van der Waals surface area contributed by atoms with Crippen molar-refractivity contribution in [3.63, 3.8) is 0 Å². The van der Waals surface area contributed by atoms with Crippen LogP contribution < -0.4 is 5.32 Å². The molecule has 0 unspecified atom stereocenters. The fourth-order valence-corrected chi connectivity index (χ4v) is 3.41. The van der Waals surface area contributed by atoms with E-state index in [0.717, 1.165) is 62.4 Å². The molecule has 0 atom stereocenters. The van der Waals surface area contributed by atoms with Crippen LogP contribution in [0.2, 0.25) is 0 Å². The van der Waals surface area contributed by atoms with Gasteiger partial charge in [0.05, 0.1) is 5.69 Å². The lowest BCUT2D eigenvalue weighted by molar-refractivity contribution is 0.169. The normalized spacial score (nSPS) is 15.6. The standard InChI is InChI=1S/C20H26N8O/c1-2-21-20(27-11-9-26(10-12-27)15-17-8-13-29-25-17)22-14-19-24-23-16-28(19)18-6-4-3-5-7-18/h3-8,13,16H,2,9-12,14-15H2,1H3,(H,21,22). The average Bonchev–Trinajstić information content (AvgIpc) is 3.44. The van der Waals surface area contributed by atoms with Crippen molar-refractivity contribution in [2.24, 2.45) is 4.99 Å². The van der Waals surface area contributed by atoms with Crippen molar-refractivity contribution in [1.29, 1.82) is 0 Å². The Labute approximate surface area is 170 Å². The van der Waals surface area contributed by atoms with Gasteiger partial charge in [-0.3, -0.25) is 9.47 Å². The van der Waals surface area contributed by atoms with Gasteiger partial charge in [0, 0.05) is 51.0 Å². The molecule has 1 saturated heterocycles. The van der Waals surface area contributed by atoms with Crippen LogP contribution in [-0.2, 0) is 13.1 Å². The highest BCUT2D eigenvalue weighted by Gasteiger charge is 2.20. The summed E-state index contributed by atoms with van der Waals surface area (Å²) in [7, 11) is 0. The van der Waals surface area contributed by atoms with Crippen LogP contribution in [0.5, 0.6) is 0 Å². The number of para-hydroxylation sites is 1. The highest BCUT2D eigenvalue weighted by molar-refractivity contribution is 5.80. The van der Waals surface area contributed by atoms with Gasteiger partial charge in [0.2, 0.25) is 0 Å². The Hall–Kier alpha value is -3.20. The third kappa shape index (κ3) is 4.80. The molecule has 152 valence electrons. The molecular weight excluding hydrogens is 368 g/mol. The first-order valence-corrected chi connectivity index (χ1v) is 9.92. The SMILES string of the molecule is CCNC(=NCc1nncn1-c1ccccc1)N1CCN(Cc2ccon2)CC1. The van der Waals surface area contributed by atoms with Crippen molar-refractivity contribution in [2.45, 2.75) is 20.0 Å². The van der Waals surface area contributed by atoms with E-state index < -0.39 is 0 Å². The minimum absolute atomic E-state index is 0.469. The van der Waals surface area contributed by atoms with Crippen LogP contribution >= 0.6 is 0 Å². The van der Waals surface area contributed by atoms with Crippen molar-refractivity contribution in [1.82, 2.24) is 35.0 Å². The zero-order valence-electron chi connectivity index (χ0n) is 16.6. The van der Waals surface area contributed by atoms with Gasteiger partial charge in [0.1, 0.15) is 19.1 Å². The van der Waals surface area contributed by atoms with Crippen molar-refractivity contribution >= 4 is 5.96 Å². The maximum Gasteiger partial charge on any atom is 0.194 e. The average molecular weight is 394 g/mol. The van der Waals surface area contributed by atoms with Crippen LogP contribution in [0.15, 0.2) is 58.5 Å². The van der Waals surface area contributed by atoms with Gasteiger partial charge >= 0.3 is 0 Å². The molecular formula is C20H26N8O. The molecule has 29 heavy (non-hydrogen) atoms. The Balaban J connectivity index is 1.40. The van der Waals surface area contributed by atoms with Crippen LogP contribution in [0.25, 0.3) is 5.69 Å². The number of nitrogens with one attached hydrogen (secondary N) is 1. The molecule has 0 saturated carbocycles. The first kappa shape index (κ1) is 19.1. The lowest BCUT2D eigenvalue weighted by Crippen LogP contribution is -2.52. The molecule has 9 heteroatoms. The summed E-state index contributed by atoms with van der Waals surface area (Å²) in [5.74, 6) is 1.73. The molecule has 1 aliphatic heterocycles. The van der Waals surface area contributed by atoms with E-state index in [2.05, 4.69) is 37.4 Å². The van der Waals surface area contributed by atoms with E-state index >= 15 is 0 Å². The van der Waals surface area contributed by atoms with Gasteiger partial charge in [-0.1, -0.05) is 23.4 Å². The molecule has 1 fully saturated rings. The van der Waals surface area contributed by atoms with Crippen LogP contribution in [-0.4, -0.2) is 68.4 Å². The Kier molecular flexibility index (Phi) is 6.16. The summed E-state index contributed by atoms with van der Waals surface area (Å²) >= 11 is 0. The number of benzene rings is 1. The summed E-state index contributed by atoms with van der Waals surface area (Å²) in [6.07, 6.45) is 3.35. The zero-order valence-corrected chi connectivity index (χ0v) is 16.6. The predicted molar refractivity (Wildman–Crippen MR) is 110 cm³/mol. The highest BCUT2D eigenvalue weighted by Crippen LogP contribution is 2.11. The smallest absolute Gasteiger partial charge is 0.194 e. The molecule has 0 aliphatic carbocycles. The summed E-state index contributed by atoms with van der Waals surface area (Å²) in [6.45, 7) is 7.93. The fourth-order valence-electron chi connectivity index (χ4n) is 3.41. The highest BCUT2D eigenvalue weighted by atomic mass is 16.5. The van der Waals surface area contributed by atoms with Gasteiger partial charge in [0.25, 0.3) is 0 Å². The van der Waals surface area contributed by atoms with Crippen LogP contribution in [0.1, 0.15) is 18.4 Å². The van der Waals surface area contributed by atoms with Gasteiger partial charge in [-0.05, 0) is 19.1 Å². The van der Waals surface area contributed by atoms with Gasteiger partial charge in [-0.15, -0.1) is 10.2 Å². The van der Waals surface area contributed by atoms with E-state index in [9.17, 15) is 0 Å². The molecule has 0 amide bonds. The van der Waals surface area contributed by atoms with Crippen molar-refractivity contribution in [3.05, 3.63) is 60.5 Å². The van der Waals surface area contributed by atoms with E-state index in [0.29, 0.717) is 6.54 Å². The zero-order chi connectivity index (χ0) is 19.9. The number of aliphatic imine (C=N–C) groups is 1. The molecule has 9 nitrogen and oxygen atoms in total. The lowest BCUT2D eigenvalue weighted by atomic mass is 10.3. The second kappa shape index (κ2) is 9.33. The molecule has 1 aliphatic rings. The lowest BCUT2D eigenvalue weighted by Gasteiger charge is -2.36. The molecule has 2 aromatic heterocycles. The number of hydrogen-bond acceptors (Lipinski definition) is 6. The first-order valence-electron chi connectivity index (χ1n) is 9.92. The third-order valence-electron chi connectivity index (χ3n) is 4.91. The minimum atomic E-state index is 0.469. The molecule has 1 N–H and O–H groups in total. The third-order valence-corrected chi connectivity index (χ3v) is 4.91. The fraction of sp³-hybridized carbons (Fsp3) is 0.400. The molecule has 0 bridgehead atoms. The number of nitrogens with zero attached hydrogens (tertiary/aromatic N) is 7. The molecule has 0 radical (unpaired) electrons. The van der Waals surface area contributed by atoms with E-state index in [1.54, 1.807) is 12.6 Å². The quantitative estimate of drug-likeness (QED) is 0.501. The second-order valence-corrected chi connectivity index (χ2v) is 6.88. The second-order valence-electron chi connectivity index (χ2n) is 6.88. The predicted octanol–water partition coefficient (Wildman–Crippen LogP) is 1.54. The summed E-state index contributed by atoms with van der Waals surface area (Å²) < 4.78 is 6.90. The van der Waals surface area contributed by atoms with Crippen molar-refractivity contribution in [2.75, 3.05) is 32.7 Å². The van der Waals surface area contributed by atoms with E-state index in [4.69, 9.17) is 9.52 Å². The number of piperazine rings is 1. The van der Waals surface area contributed by atoms with Gasteiger partial charge < -0.3 is 14.7 Å². The summed E-state index contributed by atoms with van der Waals surface area (Å²) in [5.41, 5.74) is 2.01. The Morgan fingerprint density at radius 3 is 2.69 bits per heavy atom. The number of aromatic nitrogens is 4. The van der Waals surface area contributed by atoms with Crippen LogP contribution in [0.3, 0.4) is 0 Å². The van der Waals surface area contributed by atoms with E-state index in [1.165, 1.54) is 0 Å². The monoisotopic (exact) mass is 394 g/mol. The largest absolute Gasteiger partial charge is 0.364 e. The number of rotatable bonds is 6. The van der Waals surface area contributed by atoms with Gasteiger partial charge in [0.15, 0.2) is 11.8 Å². The van der Waals surface area contributed by atoms with Crippen LogP contribution in [0.4, 0.5) is 0 Å². The number of guanidine groups is 1. The Morgan fingerprint density at radius 1 is 1.14 bits per heavy atom. The molecule has 0 spiro atoms.